The Bertz CT molecular complexity index is 885. The first-order valence-corrected chi connectivity index (χ1v) is 9.21. The summed E-state index contributed by atoms with van der Waals surface area (Å²) in [5, 5.41) is 6.73. The van der Waals surface area contributed by atoms with Crippen LogP contribution in [0.1, 0.15) is 6.92 Å². The van der Waals surface area contributed by atoms with E-state index >= 15 is 0 Å². The number of anilines is 1. The molecule has 5 nitrogen and oxygen atoms in total. The van der Waals surface area contributed by atoms with Gasteiger partial charge in [-0.1, -0.05) is 23.4 Å². The fourth-order valence-electron chi connectivity index (χ4n) is 2.07. The van der Waals surface area contributed by atoms with Crippen molar-refractivity contribution in [2.75, 3.05) is 12.4 Å². The van der Waals surface area contributed by atoms with Crippen molar-refractivity contribution in [3.8, 4) is 5.75 Å². The quantitative estimate of drug-likeness (QED) is 0.523. The number of aromatic nitrogens is 2. The highest BCUT2D eigenvalue weighted by Gasteiger charge is 2.18. The predicted molar refractivity (Wildman–Crippen MR) is 99.4 cm³/mol. The van der Waals surface area contributed by atoms with Crippen LogP contribution in [-0.2, 0) is 4.79 Å². The molecule has 3 aromatic rings. The number of hydrogen-bond donors (Lipinski definition) is 1. The van der Waals surface area contributed by atoms with Crippen molar-refractivity contribution in [1.29, 1.82) is 0 Å². The summed E-state index contributed by atoms with van der Waals surface area (Å²) in [6, 6.07) is 7.10. The number of thiophene rings is 1. The number of carbonyl (C=O) groups excluding carboxylic acids is 1. The minimum atomic E-state index is -0.316. The summed E-state index contributed by atoms with van der Waals surface area (Å²) in [6.07, 6.45) is 1.52. The summed E-state index contributed by atoms with van der Waals surface area (Å²) in [7, 11) is 1.55. The first-order chi connectivity index (χ1) is 11.6. The Morgan fingerprint density at radius 3 is 2.96 bits per heavy atom. The molecule has 0 aliphatic heterocycles. The molecule has 3 rings (SSSR count). The zero-order valence-electron chi connectivity index (χ0n) is 12.9. The van der Waals surface area contributed by atoms with Crippen LogP contribution in [0.2, 0.25) is 5.02 Å². The number of nitrogens with one attached hydrogen (secondary N) is 1. The van der Waals surface area contributed by atoms with E-state index in [0.29, 0.717) is 16.5 Å². The summed E-state index contributed by atoms with van der Waals surface area (Å²) in [5.74, 6) is 0.446. The summed E-state index contributed by atoms with van der Waals surface area (Å²) in [4.78, 5) is 21.8. The molecule has 0 aliphatic carbocycles. The van der Waals surface area contributed by atoms with E-state index in [9.17, 15) is 4.79 Å². The van der Waals surface area contributed by atoms with Crippen LogP contribution in [0.5, 0.6) is 5.75 Å². The fraction of sp³-hybridized carbons (Fsp3) is 0.188. The van der Waals surface area contributed by atoms with Crippen molar-refractivity contribution in [2.24, 2.45) is 0 Å². The number of amides is 1. The second-order valence-corrected chi connectivity index (χ2v) is 7.55. The highest BCUT2D eigenvalue weighted by molar-refractivity contribution is 8.00. The van der Waals surface area contributed by atoms with Crippen molar-refractivity contribution in [2.45, 2.75) is 17.2 Å². The van der Waals surface area contributed by atoms with Gasteiger partial charge in [0.1, 0.15) is 21.9 Å². The summed E-state index contributed by atoms with van der Waals surface area (Å²) in [6.45, 7) is 1.84. The van der Waals surface area contributed by atoms with E-state index in [0.717, 1.165) is 15.2 Å². The van der Waals surface area contributed by atoms with Gasteiger partial charge in [0.15, 0.2) is 0 Å². The number of ether oxygens (including phenoxy) is 1. The molecule has 0 unspecified atom stereocenters. The molecule has 1 aromatic carbocycles. The lowest BCUT2D eigenvalue weighted by Gasteiger charge is -2.13. The molecule has 0 saturated carbocycles. The molecule has 24 heavy (non-hydrogen) atoms. The van der Waals surface area contributed by atoms with E-state index in [1.165, 1.54) is 18.1 Å². The van der Waals surface area contributed by atoms with E-state index in [-0.39, 0.29) is 11.2 Å². The van der Waals surface area contributed by atoms with Gasteiger partial charge in [-0.3, -0.25) is 4.79 Å². The number of nitrogens with zero attached hydrogens (tertiary/aromatic N) is 2. The molecule has 2 heterocycles. The van der Waals surface area contributed by atoms with Gasteiger partial charge < -0.3 is 10.1 Å². The molecule has 1 N–H and O–H groups in total. The standard InChI is InChI=1S/C16H14ClN3O2S2/c1-9(24-16-11-5-6-23-15(11)18-8-19-16)14(21)20-10-3-4-13(22-2)12(17)7-10/h3-9H,1-2H3,(H,20,21)/t9-/m1/s1. The van der Waals surface area contributed by atoms with Crippen molar-refractivity contribution < 1.29 is 9.53 Å². The van der Waals surface area contributed by atoms with Crippen LogP contribution in [0.25, 0.3) is 10.2 Å². The van der Waals surface area contributed by atoms with E-state index < -0.39 is 0 Å². The molecular weight excluding hydrogens is 366 g/mol. The molecule has 2 aromatic heterocycles. The maximum absolute atomic E-state index is 12.4. The summed E-state index contributed by atoms with van der Waals surface area (Å²) >= 11 is 9.03. The smallest absolute Gasteiger partial charge is 0.237 e. The van der Waals surface area contributed by atoms with Gasteiger partial charge in [0.05, 0.1) is 17.4 Å². The first-order valence-electron chi connectivity index (χ1n) is 7.07. The number of hydrogen-bond acceptors (Lipinski definition) is 6. The molecule has 8 heteroatoms. The van der Waals surface area contributed by atoms with Crippen LogP contribution in [0, 0.1) is 0 Å². The minimum Gasteiger partial charge on any atom is -0.495 e. The summed E-state index contributed by atoms with van der Waals surface area (Å²) in [5.41, 5.74) is 0.626. The topological polar surface area (TPSA) is 64.1 Å². The van der Waals surface area contributed by atoms with Crippen LogP contribution in [0.4, 0.5) is 5.69 Å². The van der Waals surface area contributed by atoms with Crippen LogP contribution in [0.15, 0.2) is 41.0 Å². The lowest BCUT2D eigenvalue weighted by atomic mass is 10.3. The Hall–Kier alpha value is -1.83. The zero-order chi connectivity index (χ0) is 17.1. The highest BCUT2D eigenvalue weighted by Crippen LogP contribution is 2.31. The second-order valence-electron chi connectivity index (χ2n) is 4.92. The zero-order valence-corrected chi connectivity index (χ0v) is 15.3. The van der Waals surface area contributed by atoms with Crippen LogP contribution < -0.4 is 10.1 Å². The maximum atomic E-state index is 12.4. The monoisotopic (exact) mass is 379 g/mol. The predicted octanol–water partition coefficient (Wildman–Crippen LogP) is 4.47. The van der Waals surface area contributed by atoms with Gasteiger partial charge in [0.2, 0.25) is 5.91 Å². The van der Waals surface area contributed by atoms with Crippen LogP contribution in [-0.4, -0.2) is 28.2 Å². The normalized spacial score (nSPS) is 12.1. The lowest BCUT2D eigenvalue weighted by molar-refractivity contribution is -0.115. The van der Waals surface area contributed by atoms with Crippen molar-refractivity contribution >= 4 is 56.5 Å². The van der Waals surface area contributed by atoms with Gasteiger partial charge in [-0.2, -0.15) is 0 Å². The third-order valence-corrected chi connectivity index (χ3v) is 5.53. The maximum Gasteiger partial charge on any atom is 0.237 e. The molecule has 124 valence electrons. The molecule has 0 saturated heterocycles. The molecule has 0 bridgehead atoms. The van der Waals surface area contributed by atoms with Crippen LogP contribution in [0.3, 0.4) is 0 Å². The SMILES string of the molecule is COc1ccc(NC(=O)[C@@H](C)Sc2ncnc3sccc23)cc1Cl. The second kappa shape index (κ2) is 7.38. The number of benzene rings is 1. The number of thioether (sulfide) groups is 1. The average Bonchev–Trinajstić information content (AvgIpc) is 3.04. The molecule has 0 aliphatic rings. The van der Waals surface area contributed by atoms with Crippen LogP contribution >= 0.6 is 34.7 Å². The first kappa shape index (κ1) is 17.0. The van der Waals surface area contributed by atoms with Gasteiger partial charge in [-0.15, -0.1) is 11.3 Å². The lowest BCUT2D eigenvalue weighted by Crippen LogP contribution is -2.22. The molecule has 0 spiro atoms. The van der Waals surface area contributed by atoms with E-state index in [2.05, 4.69) is 15.3 Å². The van der Waals surface area contributed by atoms with Crippen molar-refractivity contribution in [3.05, 3.63) is 41.0 Å². The molecule has 0 fully saturated rings. The van der Waals surface area contributed by atoms with E-state index in [4.69, 9.17) is 16.3 Å². The Morgan fingerprint density at radius 1 is 1.38 bits per heavy atom. The Labute approximate surface area is 152 Å². The number of rotatable bonds is 5. The summed E-state index contributed by atoms with van der Waals surface area (Å²) < 4.78 is 5.10. The number of fused-ring (bicyclic) bond motifs is 1. The van der Waals surface area contributed by atoms with Gasteiger partial charge in [-0.25, -0.2) is 9.97 Å². The molecule has 1 amide bonds. The Kier molecular flexibility index (Phi) is 5.23. The van der Waals surface area contributed by atoms with Gasteiger partial charge in [0, 0.05) is 11.1 Å². The molecule has 1 atom stereocenters. The van der Waals surface area contributed by atoms with Gasteiger partial charge in [-0.05, 0) is 36.6 Å². The largest absolute Gasteiger partial charge is 0.495 e. The van der Waals surface area contributed by atoms with E-state index in [1.54, 1.807) is 36.6 Å². The third kappa shape index (κ3) is 3.63. The van der Waals surface area contributed by atoms with Crippen molar-refractivity contribution in [1.82, 2.24) is 9.97 Å². The fourth-order valence-corrected chi connectivity index (χ4v) is 4.03. The minimum absolute atomic E-state index is 0.122. The number of methoxy groups -OCH3 is 1. The number of halogens is 1. The highest BCUT2D eigenvalue weighted by atomic mass is 35.5. The third-order valence-electron chi connectivity index (χ3n) is 3.30. The molecule has 0 radical (unpaired) electrons. The van der Waals surface area contributed by atoms with Gasteiger partial charge >= 0.3 is 0 Å². The Morgan fingerprint density at radius 2 is 2.21 bits per heavy atom. The Balaban J connectivity index is 1.71. The van der Waals surface area contributed by atoms with E-state index in [1.807, 2.05) is 18.4 Å². The van der Waals surface area contributed by atoms with Crippen molar-refractivity contribution in [3.63, 3.8) is 0 Å². The average molecular weight is 380 g/mol. The van der Waals surface area contributed by atoms with Gasteiger partial charge in [0.25, 0.3) is 0 Å². The number of carbonyl (C=O) groups is 1. The molecular formula is C16H14ClN3O2S2.